The molecule has 0 amide bonds. The molecule has 2 N–H and O–H groups in total. The molecule has 0 atom stereocenters. The number of aromatic nitrogens is 2. The van der Waals surface area contributed by atoms with Gasteiger partial charge in [-0.05, 0) is 35.9 Å². The zero-order valence-electron chi connectivity index (χ0n) is 13.3. The van der Waals surface area contributed by atoms with Crippen LogP contribution in [0.15, 0.2) is 53.3 Å². The molecule has 0 saturated heterocycles. The van der Waals surface area contributed by atoms with Crippen molar-refractivity contribution in [1.82, 2.24) is 10.2 Å². The highest BCUT2D eigenvalue weighted by Gasteiger charge is 2.09. The van der Waals surface area contributed by atoms with Crippen LogP contribution >= 0.6 is 23.2 Å². The van der Waals surface area contributed by atoms with Crippen LogP contribution in [0.3, 0.4) is 0 Å². The van der Waals surface area contributed by atoms with Gasteiger partial charge in [-0.25, -0.2) is 5.10 Å². The van der Waals surface area contributed by atoms with Gasteiger partial charge in [-0.1, -0.05) is 35.3 Å². The van der Waals surface area contributed by atoms with E-state index >= 15 is 0 Å². The molecule has 25 heavy (non-hydrogen) atoms. The van der Waals surface area contributed by atoms with Crippen LogP contribution in [0.5, 0.6) is 11.5 Å². The fourth-order valence-electron chi connectivity index (χ4n) is 2.37. The predicted molar refractivity (Wildman–Crippen MR) is 100 cm³/mol. The minimum atomic E-state index is -0.255. The number of hydrogen-bond donors (Lipinski definition) is 2. The Labute approximate surface area is 154 Å². The van der Waals surface area contributed by atoms with E-state index in [1.54, 1.807) is 37.4 Å². The van der Waals surface area contributed by atoms with E-state index < -0.39 is 0 Å². The van der Waals surface area contributed by atoms with E-state index in [1.807, 2.05) is 12.1 Å². The smallest absolute Gasteiger partial charge is 0.266 e. The van der Waals surface area contributed by atoms with Gasteiger partial charge in [0.15, 0.2) is 0 Å². The van der Waals surface area contributed by atoms with Gasteiger partial charge in [0.1, 0.15) is 11.5 Å². The van der Waals surface area contributed by atoms with Gasteiger partial charge in [0.25, 0.3) is 5.56 Å². The lowest BCUT2D eigenvalue weighted by Gasteiger charge is -2.11. The van der Waals surface area contributed by atoms with E-state index in [1.165, 1.54) is 6.07 Å². The van der Waals surface area contributed by atoms with Gasteiger partial charge < -0.3 is 10.1 Å². The summed E-state index contributed by atoms with van der Waals surface area (Å²) in [6.45, 7) is 0. The summed E-state index contributed by atoms with van der Waals surface area (Å²) >= 11 is 12.2. The number of halogens is 2. The van der Waals surface area contributed by atoms with Crippen LogP contribution in [0.25, 0.3) is 0 Å². The number of nitrogens with zero attached hydrogens (tertiary/aromatic N) is 1. The van der Waals surface area contributed by atoms with Crippen LogP contribution in [0.2, 0.25) is 10.0 Å². The summed E-state index contributed by atoms with van der Waals surface area (Å²) in [5, 5.41) is 10.6. The van der Waals surface area contributed by atoms with Crippen molar-refractivity contribution in [3.63, 3.8) is 0 Å². The molecule has 0 aliphatic carbocycles. The van der Waals surface area contributed by atoms with Crippen molar-refractivity contribution in [3.8, 4) is 11.5 Å². The third-order valence-corrected chi connectivity index (χ3v) is 4.10. The third-order valence-electron chi connectivity index (χ3n) is 3.55. The maximum atomic E-state index is 11.4. The van der Waals surface area contributed by atoms with Gasteiger partial charge in [-0.3, -0.25) is 4.79 Å². The molecule has 0 spiro atoms. The second-order valence-corrected chi connectivity index (χ2v) is 6.19. The highest BCUT2D eigenvalue weighted by Crippen LogP contribution is 2.32. The molecule has 3 rings (SSSR count). The summed E-state index contributed by atoms with van der Waals surface area (Å²) in [5.74, 6) is 1.13. The summed E-state index contributed by atoms with van der Waals surface area (Å²) in [4.78, 5) is 11.4. The lowest BCUT2D eigenvalue weighted by atomic mass is 10.1. The molecule has 128 valence electrons. The Morgan fingerprint density at radius 2 is 2.00 bits per heavy atom. The standard InChI is InChI=1S/C18H15Cl2N3O2/c1-21-15-10-18(24)23-22-16(15)7-11-5-6-14(20)17(8-11)25-13-4-2-3-12(19)9-13/h2-6,8-10H,7H2,1H3,(H2,21,23,24). The Morgan fingerprint density at radius 1 is 1.16 bits per heavy atom. The summed E-state index contributed by atoms with van der Waals surface area (Å²) in [6, 6.07) is 14.1. The number of benzene rings is 2. The van der Waals surface area contributed by atoms with Crippen LogP contribution < -0.4 is 15.6 Å². The number of hydrogen-bond acceptors (Lipinski definition) is 4. The molecule has 0 aliphatic heterocycles. The van der Waals surface area contributed by atoms with Gasteiger partial charge in [-0.15, -0.1) is 0 Å². The Kier molecular flexibility index (Phi) is 5.26. The normalized spacial score (nSPS) is 10.5. The largest absolute Gasteiger partial charge is 0.456 e. The molecule has 1 heterocycles. The maximum absolute atomic E-state index is 11.4. The average Bonchev–Trinajstić information content (AvgIpc) is 2.59. The molecule has 0 radical (unpaired) electrons. The highest BCUT2D eigenvalue weighted by molar-refractivity contribution is 6.32. The highest BCUT2D eigenvalue weighted by atomic mass is 35.5. The Balaban J connectivity index is 1.88. The van der Waals surface area contributed by atoms with Crippen molar-refractivity contribution in [2.45, 2.75) is 6.42 Å². The van der Waals surface area contributed by atoms with E-state index in [4.69, 9.17) is 27.9 Å². The first kappa shape index (κ1) is 17.3. The summed E-state index contributed by atoms with van der Waals surface area (Å²) in [7, 11) is 1.75. The number of anilines is 1. The third kappa shape index (κ3) is 4.32. The molecule has 1 aromatic heterocycles. The van der Waals surface area contributed by atoms with Gasteiger partial charge in [0.05, 0.1) is 16.4 Å². The van der Waals surface area contributed by atoms with Crippen molar-refractivity contribution in [2.75, 3.05) is 12.4 Å². The van der Waals surface area contributed by atoms with Crippen LogP contribution in [-0.4, -0.2) is 17.2 Å². The summed E-state index contributed by atoms with van der Waals surface area (Å²) in [5.41, 5.74) is 2.08. The zero-order chi connectivity index (χ0) is 17.8. The van der Waals surface area contributed by atoms with Crippen molar-refractivity contribution in [2.24, 2.45) is 0 Å². The zero-order valence-corrected chi connectivity index (χ0v) is 14.9. The average molecular weight is 376 g/mol. The molecular formula is C18H15Cl2N3O2. The SMILES string of the molecule is CNc1cc(=O)[nH]nc1Cc1ccc(Cl)c(Oc2cccc(Cl)c2)c1. The lowest BCUT2D eigenvalue weighted by molar-refractivity contribution is 0.482. The molecule has 5 nitrogen and oxygen atoms in total. The lowest BCUT2D eigenvalue weighted by Crippen LogP contribution is -2.12. The number of ether oxygens (including phenoxy) is 1. The van der Waals surface area contributed by atoms with Crippen molar-refractivity contribution >= 4 is 28.9 Å². The monoisotopic (exact) mass is 375 g/mol. The Morgan fingerprint density at radius 3 is 2.76 bits per heavy atom. The quantitative estimate of drug-likeness (QED) is 0.688. The van der Waals surface area contributed by atoms with Crippen molar-refractivity contribution in [3.05, 3.63) is 80.2 Å². The predicted octanol–water partition coefficient (Wildman–Crippen LogP) is 4.50. The van der Waals surface area contributed by atoms with Crippen LogP contribution in [0, 0.1) is 0 Å². The van der Waals surface area contributed by atoms with Crippen LogP contribution in [0.1, 0.15) is 11.3 Å². The number of H-pyrrole nitrogens is 1. The molecule has 0 saturated carbocycles. The molecule has 0 unspecified atom stereocenters. The topological polar surface area (TPSA) is 67.0 Å². The second kappa shape index (κ2) is 7.59. The molecule has 3 aromatic rings. The summed E-state index contributed by atoms with van der Waals surface area (Å²) in [6.07, 6.45) is 0.510. The van der Waals surface area contributed by atoms with Gasteiger partial charge in [0.2, 0.25) is 0 Å². The molecule has 2 aromatic carbocycles. The second-order valence-electron chi connectivity index (χ2n) is 5.34. The number of aromatic amines is 1. The first-order chi connectivity index (χ1) is 12.0. The van der Waals surface area contributed by atoms with Gasteiger partial charge >= 0.3 is 0 Å². The fourth-order valence-corrected chi connectivity index (χ4v) is 2.70. The first-order valence-corrected chi connectivity index (χ1v) is 8.29. The molecular weight excluding hydrogens is 361 g/mol. The Bertz CT molecular complexity index is 957. The molecule has 0 bridgehead atoms. The van der Waals surface area contributed by atoms with E-state index in [-0.39, 0.29) is 5.56 Å². The number of nitrogens with one attached hydrogen (secondary N) is 2. The number of rotatable bonds is 5. The van der Waals surface area contributed by atoms with Gasteiger partial charge in [0, 0.05) is 24.6 Å². The molecule has 0 fully saturated rings. The minimum Gasteiger partial charge on any atom is -0.456 e. The van der Waals surface area contributed by atoms with Crippen LogP contribution in [0.4, 0.5) is 5.69 Å². The van der Waals surface area contributed by atoms with Crippen LogP contribution in [-0.2, 0) is 6.42 Å². The molecule has 0 aliphatic rings. The Hall–Kier alpha value is -2.50. The van der Waals surface area contributed by atoms with E-state index in [0.29, 0.717) is 33.7 Å². The van der Waals surface area contributed by atoms with E-state index in [9.17, 15) is 4.79 Å². The van der Waals surface area contributed by atoms with E-state index in [2.05, 4.69) is 15.5 Å². The first-order valence-electron chi connectivity index (χ1n) is 7.53. The van der Waals surface area contributed by atoms with Crippen molar-refractivity contribution < 1.29 is 4.74 Å². The van der Waals surface area contributed by atoms with E-state index in [0.717, 1.165) is 11.3 Å². The summed E-state index contributed by atoms with van der Waals surface area (Å²) < 4.78 is 5.83. The minimum absolute atomic E-state index is 0.255. The molecule has 7 heteroatoms. The van der Waals surface area contributed by atoms with Crippen molar-refractivity contribution in [1.29, 1.82) is 0 Å². The maximum Gasteiger partial charge on any atom is 0.266 e. The fraction of sp³-hybridized carbons (Fsp3) is 0.111. The van der Waals surface area contributed by atoms with Gasteiger partial charge in [-0.2, -0.15) is 5.10 Å².